The molecule has 0 bridgehead atoms. The molecule has 30 heavy (non-hydrogen) atoms. The molecule has 0 atom stereocenters. The Morgan fingerprint density at radius 3 is 2.77 bits per heavy atom. The summed E-state index contributed by atoms with van der Waals surface area (Å²) >= 11 is 0. The van der Waals surface area contributed by atoms with E-state index >= 15 is 0 Å². The maximum absolute atomic E-state index is 14.2. The number of imidazole rings is 1. The minimum absolute atomic E-state index is 0.132. The average Bonchev–Trinajstić information content (AvgIpc) is 3.39. The van der Waals surface area contributed by atoms with Crippen molar-refractivity contribution >= 4 is 22.6 Å². The highest BCUT2D eigenvalue weighted by Gasteiger charge is 2.18. The summed E-state index contributed by atoms with van der Waals surface area (Å²) in [6.45, 7) is 1.58. The van der Waals surface area contributed by atoms with Crippen LogP contribution in [-0.2, 0) is 13.1 Å². The van der Waals surface area contributed by atoms with Crippen molar-refractivity contribution in [1.82, 2.24) is 25.5 Å². The lowest BCUT2D eigenvalue weighted by Crippen LogP contribution is -2.13. The minimum Gasteiger partial charge on any atom is -0.480 e. The number of H-pyrrole nitrogens is 1. The molecule has 8 nitrogen and oxygen atoms in total. The minimum atomic E-state index is -0.540. The third kappa shape index (κ3) is 3.25. The van der Waals surface area contributed by atoms with E-state index in [1.165, 1.54) is 24.8 Å². The van der Waals surface area contributed by atoms with Crippen LogP contribution in [0.15, 0.2) is 42.5 Å². The predicted octanol–water partition coefficient (Wildman–Crippen LogP) is 3.02. The van der Waals surface area contributed by atoms with Crippen molar-refractivity contribution in [1.29, 1.82) is 0 Å². The van der Waals surface area contributed by atoms with Gasteiger partial charge in [-0.2, -0.15) is 0 Å². The number of nitrogens with one attached hydrogen (secondary N) is 3. The Bertz CT molecular complexity index is 1270. The summed E-state index contributed by atoms with van der Waals surface area (Å²) in [5, 5.41) is 14.1. The number of amides is 1. The van der Waals surface area contributed by atoms with Crippen molar-refractivity contribution in [2.24, 2.45) is 0 Å². The fourth-order valence-corrected chi connectivity index (χ4v) is 3.50. The van der Waals surface area contributed by atoms with Crippen molar-refractivity contribution in [3.8, 4) is 17.4 Å². The van der Waals surface area contributed by atoms with E-state index in [1.54, 1.807) is 12.1 Å². The number of benzene rings is 2. The maximum Gasteiger partial charge on any atom is 0.258 e. The van der Waals surface area contributed by atoms with E-state index in [0.717, 1.165) is 18.7 Å². The van der Waals surface area contributed by atoms with Crippen LogP contribution in [0.25, 0.3) is 22.6 Å². The topological polar surface area (TPSA) is 105 Å². The molecule has 0 radical (unpaired) electrons. The van der Waals surface area contributed by atoms with Crippen molar-refractivity contribution in [3.05, 3.63) is 65.0 Å². The van der Waals surface area contributed by atoms with Crippen molar-refractivity contribution in [2.75, 3.05) is 12.4 Å². The number of halogens is 1. The first-order chi connectivity index (χ1) is 14.6. The zero-order valence-corrected chi connectivity index (χ0v) is 16.0. The molecule has 0 saturated heterocycles. The van der Waals surface area contributed by atoms with Crippen LogP contribution in [0.5, 0.6) is 5.88 Å². The lowest BCUT2D eigenvalue weighted by atomic mass is 10.1. The largest absolute Gasteiger partial charge is 0.480 e. The molecule has 1 aliphatic heterocycles. The summed E-state index contributed by atoms with van der Waals surface area (Å²) in [6.07, 6.45) is 0. The first-order valence-electron chi connectivity index (χ1n) is 9.32. The molecule has 0 unspecified atom stereocenters. The number of methoxy groups -OCH3 is 1. The summed E-state index contributed by atoms with van der Waals surface area (Å²) in [5.41, 5.74) is 4.32. The molecule has 9 heteroatoms. The molecule has 0 fully saturated rings. The first kappa shape index (κ1) is 18.2. The first-order valence-corrected chi connectivity index (χ1v) is 9.32. The summed E-state index contributed by atoms with van der Waals surface area (Å²) in [6, 6.07) is 11.5. The molecule has 1 amide bonds. The Kier molecular flexibility index (Phi) is 4.36. The van der Waals surface area contributed by atoms with Crippen LogP contribution in [0.1, 0.15) is 21.5 Å². The summed E-state index contributed by atoms with van der Waals surface area (Å²) in [4.78, 5) is 20.4. The molecule has 3 N–H and O–H groups in total. The highest BCUT2D eigenvalue weighted by Crippen LogP contribution is 2.25. The third-order valence-corrected chi connectivity index (χ3v) is 4.98. The van der Waals surface area contributed by atoms with E-state index in [9.17, 15) is 9.18 Å². The van der Waals surface area contributed by atoms with E-state index in [2.05, 4.69) is 30.8 Å². The molecule has 150 valence electrons. The van der Waals surface area contributed by atoms with Crippen molar-refractivity contribution in [3.63, 3.8) is 0 Å². The Morgan fingerprint density at radius 1 is 1.10 bits per heavy atom. The number of anilines is 1. The average molecular weight is 404 g/mol. The zero-order chi connectivity index (χ0) is 20.7. The van der Waals surface area contributed by atoms with Gasteiger partial charge in [-0.1, -0.05) is 6.07 Å². The molecule has 0 spiro atoms. The second-order valence-electron chi connectivity index (χ2n) is 6.94. The van der Waals surface area contributed by atoms with Gasteiger partial charge in [0.1, 0.15) is 17.0 Å². The molecular weight excluding hydrogens is 387 g/mol. The SMILES string of the molecule is COc1ccc(-c2nc3c(C(=O)Nc4ccc5c(c4)CNC5)cc(F)cc3[nH]2)nn1. The number of hydrogen-bond acceptors (Lipinski definition) is 6. The van der Waals surface area contributed by atoms with Crippen LogP contribution in [0.4, 0.5) is 10.1 Å². The van der Waals surface area contributed by atoms with E-state index in [4.69, 9.17) is 4.74 Å². The molecular formula is C21H17FN6O2. The highest BCUT2D eigenvalue weighted by atomic mass is 19.1. The Morgan fingerprint density at radius 2 is 1.97 bits per heavy atom. The van der Waals surface area contributed by atoms with Crippen LogP contribution in [0, 0.1) is 5.82 Å². The quantitative estimate of drug-likeness (QED) is 0.483. The standard InChI is InChI=1S/C21H17FN6O2/c1-30-18-5-4-16(27-28-18)20-25-17-8-13(22)7-15(19(17)26-20)21(29)24-14-3-2-11-9-23-10-12(11)6-14/h2-8,23H,9-10H2,1H3,(H,24,29)(H,25,26). The number of aromatic amines is 1. The van der Waals surface area contributed by atoms with Crippen LogP contribution in [-0.4, -0.2) is 33.2 Å². The molecule has 0 saturated carbocycles. The van der Waals surface area contributed by atoms with Crippen LogP contribution in [0.2, 0.25) is 0 Å². The molecule has 2 aromatic carbocycles. The van der Waals surface area contributed by atoms with Gasteiger partial charge < -0.3 is 20.4 Å². The van der Waals surface area contributed by atoms with Gasteiger partial charge in [0, 0.05) is 24.8 Å². The number of carbonyl (C=O) groups excluding carboxylic acids is 1. The number of hydrogen-bond donors (Lipinski definition) is 3. The summed E-state index contributed by atoms with van der Waals surface area (Å²) in [5.74, 6) is -0.236. The summed E-state index contributed by atoms with van der Waals surface area (Å²) in [7, 11) is 1.50. The molecule has 1 aliphatic rings. The molecule has 5 rings (SSSR count). The van der Waals surface area contributed by atoms with Gasteiger partial charge in [0.05, 0.1) is 18.2 Å². The maximum atomic E-state index is 14.2. The molecule has 0 aliphatic carbocycles. The number of rotatable bonds is 4. The second-order valence-corrected chi connectivity index (χ2v) is 6.94. The van der Waals surface area contributed by atoms with Crippen molar-refractivity contribution in [2.45, 2.75) is 13.1 Å². The fourth-order valence-electron chi connectivity index (χ4n) is 3.50. The number of aromatic nitrogens is 4. The van der Waals surface area contributed by atoms with Gasteiger partial charge in [0.15, 0.2) is 5.82 Å². The lowest BCUT2D eigenvalue weighted by molar-refractivity contribution is 0.102. The highest BCUT2D eigenvalue weighted by molar-refractivity contribution is 6.11. The Balaban J connectivity index is 1.50. The smallest absolute Gasteiger partial charge is 0.258 e. The van der Waals surface area contributed by atoms with E-state index < -0.39 is 11.7 Å². The molecule has 2 aromatic heterocycles. The van der Waals surface area contributed by atoms with Crippen molar-refractivity contribution < 1.29 is 13.9 Å². The predicted molar refractivity (Wildman–Crippen MR) is 109 cm³/mol. The summed E-state index contributed by atoms with van der Waals surface area (Å²) < 4.78 is 19.2. The molecule has 3 heterocycles. The monoisotopic (exact) mass is 404 g/mol. The van der Waals surface area contributed by atoms with Gasteiger partial charge in [-0.15, -0.1) is 10.2 Å². The molecule has 4 aromatic rings. The van der Waals surface area contributed by atoms with E-state index in [0.29, 0.717) is 34.1 Å². The van der Waals surface area contributed by atoms with Gasteiger partial charge in [-0.25, -0.2) is 9.37 Å². The normalized spacial score (nSPS) is 12.7. The van der Waals surface area contributed by atoms with Gasteiger partial charge >= 0.3 is 0 Å². The fraction of sp³-hybridized carbons (Fsp3) is 0.143. The lowest BCUT2D eigenvalue weighted by Gasteiger charge is -2.08. The van der Waals surface area contributed by atoms with Gasteiger partial charge in [0.25, 0.3) is 5.91 Å². The second kappa shape index (κ2) is 7.20. The Labute approximate surface area is 170 Å². The van der Waals surface area contributed by atoms with Gasteiger partial charge in [-0.05, 0) is 41.5 Å². The van der Waals surface area contributed by atoms with Crippen LogP contribution < -0.4 is 15.4 Å². The third-order valence-electron chi connectivity index (χ3n) is 4.98. The number of nitrogens with zero attached hydrogens (tertiary/aromatic N) is 3. The Hall–Kier alpha value is -3.85. The van der Waals surface area contributed by atoms with Crippen LogP contribution in [0.3, 0.4) is 0 Å². The van der Waals surface area contributed by atoms with Gasteiger partial charge in [0.2, 0.25) is 5.88 Å². The van der Waals surface area contributed by atoms with E-state index in [1.807, 2.05) is 18.2 Å². The van der Waals surface area contributed by atoms with E-state index in [-0.39, 0.29) is 5.56 Å². The zero-order valence-electron chi connectivity index (χ0n) is 16.0. The number of carbonyl (C=O) groups is 1. The number of ether oxygens (including phenoxy) is 1. The number of fused-ring (bicyclic) bond motifs is 2. The van der Waals surface area contributed by atoms with Gasteiger partial charge in [-0.3, -0.25) is 4.79 Å². The van der Waals surface area contributed by atoms with Crippen LogP contribution >= 0.6 is 0 Å².